The number of amides is 1. The highest BCUT2D eigenvalue weighted by Crippen LogP contribution is 2.31. The maximum absolute atomic E-state index is 12.4. The third-order valence-corrected chi connectivity index (χ3v) is 5.40. The van der Waals surface area contributed by atoms with Crippen molar-refractivity contribution in [2.24, 2.45) is 11.7 Å². The molecular formula is C16H32ClN3O2. The Labute approximate surface area is 140 Å². The second kappa shape index (κ2) is 9.06. The van der Waals surface area contributed by atoms with Gasteiger partial charge in [-0.2, -0.15) is 0 Å². The van der Waals surface area contributed by atoms with Gasteiger partial charge in [0.25, 0.3) is 0 Å². The van der Waals surface area contributed by atoms with Gasteiger partial charge in [-0.25, -0.2) is 0 Å². The Kier molecular flexibility index (Phi) is 8.11. The van der Waals surface area contributed by atoms with Gasteiger partial charge in [0.1, 0.15) is 0 Å². The maximum Gasteiger partial charge on any atom is 0.237 e. The first-order valence-corrected chi connectivity index (χ1v) is 8.34. The van der Waals surface area contributed by atoms with Gasteiger partial charge in [0.05, 0.1) is 6.04 Å². The van der Waals surface area contributed by atoms with E-state index in [-0.39, 0.29) is 29.8 Å². The second-order valence-electron chi connectivity index (χ2n) is 6.87. The van der Waals surface area contributed by atoms with E-state index in [4.69, 9.17) is 10.5 Å². The van der Waals surface area contributed by atoms with Crippen molar-refractivity contribution in [2.75, 3.05) is 33.9 Å². The fraction of sp³-hybridized carbons (Fsp3) is 0.938. The van der Waals surface area contributed by atoms with Gasteiger partial charge >= 0.3 is 0 Å². The van der Waals surface area contributed by atoms with Gasteiger partial charge in [0, 0.05) is 25.3 Å². The van der Waals surface area contributed by atoms with Crippen LogP contribution in [-0.4, -0.2) is 56.2 Å². The Balaban J connectivity index is 0.00000242. The number of carbonyl (C=O) groups is 1. The summed E-state index contributed by atoms with van der Waals surface area (Å²) < 4.78 is 5.34. The highest BCUT2D eigenvalue weighted by Gasteiger charge is 2.35. The van der Waals surface area contributed by atoms with Crippen LogP contribution in [0, 0.1) is 5.92 Å². The van der Waals surface area contributed by atoms with E-state index in [2.05, 4.69) is 24.3 Å². The molecule has 6 heteroatoms. The summed E-state index contributed by atoms with van der Waals surface area (Å²) in [5.41, 5.74) is 6.26. The first-order valence-electron chi connectivity index (χ1n) is 8.34. The van der Waals surface area contributed by atoms with Gasteiger partial charge in [-0.1, -0.05) is 19.3 Å². The van der Waals surface area contributed by atoms with E-state index >= 15 is 0 Å². The molecule has 0 aromatic heterocycles. The first kappa shape index (κ1) is 19.7. The average molecular weight is 334 g/mol. The fourth-order valence-corrected chi connectivity index (χ4v) is 3.65. The molecule has 0 bridgehead atoms. The zero-order chi connectivity index (χ0) is 15.3. The van der Waals surface area contributed by atoms with Crippen molar-refractivity contribution >= 4 is 18.3 Å². The quantitative estimate of drug-likeness (QED) is 0.801. The SMILES string of the molecule is CN(C)C1(CNC(=O)C(N)C2CCOCC2)CCCCC1.Cl. The van der Waals surface area contributed by atoms with Crippen LogP contribution in [0.3, 0.4) is 0 Å². The maximum atomic E-state index is 12.4. The Bertz CT molecular complexity index is 340. The van der Waals surface area contributed by atoms with E-state index in [0.29, 0.717) is 0 Å². The highest BCUT2D eigenvalue weighted by atomic mass is 35.5. The minimum Gasteiger partial charge on any atom is -0.381 e. The van der Waals surface area contributed by atoms with E-state index in [0.717, 1.165) is 45.4 Å². The second-order valence-corrected chi connectivity index (χ2v) is 6.87. The summed E-state index contributed by atoms with van der Waals surface area (Å²) in [5, 5.41) is 3.13. The van der Waals surface area contributed by atoms with Crippen LogP contribution < -0.4 is 11.1 Å². The molecule has 1 saturated heterocycles. The molecule has 1 heterocycles. The lowest BCUT2D eigenvalue weighted by atomic mass is 9.80. The molecule has 1 amide bonds. The third kappa shape index (κ3) is 4.82. The molecule has 2 aliphatic rings. The molecule has 5 nitrogen and oxygen atoms in total. The van der Waals surface area contributed by atoms with Crippen molar-refractivity contribution in [1.29, 1.82) is 0 Å². The highest BCUT2D eigenvalue weighted by molar-refractivity contribution is 5.85. The fourth-order valence-electron chi connectivity index (χ4n) is 3.65. The molecule has 1 aliphatic carbocycles. The van der Waals surface area contributed by atoms with Crippen LogP contribution in [0.25, 0.3) is 0 Å². The van der Waals surface area contributed by atoms with Crippen molar-refractivity contribution in [3.05, 3.63) is 0 Å². The van der Waals surface area contributed by atoms with E-state index in [9.17, 15) is 4.79 Å². The van der Waals surface area contributed by atoms with Crippen molar-refractivity contribution in [1.82, 2.24) is 10.2 Å². The number of nitrogens with two attached hydrogens (primary N) is 1. The number of hydrogen-bond donors (Lipinski definition) is 2. The zero-order valence-electron chi connectivity index (χ0n) is 14.0. The summed E-state index contributed by atoms with van der Waals surface area (Å²) in [6.45, 7) is 2.18. The molecule has 0 spiro atoms. The molecule has 2 rings (SSSR count). The smallest absolute Gasteiger partial charge is 0.237 e. The number of hydrogen-bond acceptors (Lipinski definition) is 4. The van der Waals surface area contributed by atoms with Crippen LogP contribution in [-0.2, 0) is 9.53 Å². The predicted octanol–water partition coefficient (Wildman–Crippen LogP) is 1.54. The summed E-state index contributed by atoms with van der Waals surface area (Å²) in [6, 6.07) is -0.392. The minimum atomic E-state index is -0.392. The summed E-state index contributed by atoms with van der Waals surface area (Å²) in [5.74, 6) is 0.272. The van der Waals surface area contributed by atoms with E-state index in [1.807, 2.05) is 0 Å². The molecule has 0 aromatic rings. The van der Waals surface area contributed by atoms with E-state index in [1.54, 1.807) is 0 Å². The van der Waals surface area contributed by atoms with Crippen molar-refractivity contribution in [3.8, 4) is 0 Å². The molecule has 1 atom stereocenters. The molecule has 2 fully saturated rings. The largest absolute Gasteiger partial charge is 0.381 e. The van der Waals surface area contributed by atoms with Crippen LogP contribution in [0.1, 0.15) is 44.9 Å². The lowest BCUT2D eigenvalue weighted by Crippen LogP contribution is -2.56. The standard InChI is InChI=1S/C16H31N3O2.ClH/c1-19(2)16(8-4-3-5-9-16)12-18-15(20)14(17)13-6-10-21-11-7-13;/h13-14H,3-12,17H2,1-2H3,(H,18,20);1H. The average Bonchev–Trinajstić information content (AvgIpc) is 2.53. The Morgan fingerprint density at radius 1 is 1.27 bits per heavy atom. The van der Waals surface area contributed by atoms with Gasteiger partial charge < -0.3 is 20.7 Å². The third-order valence-electron chi connectivity index (χ3n) is 5.40. The summed E-state index contributed by atoms with van der Waals surface area (Å²) in [4.78, 5) is 14.6. The van der Waals surface area contributed by atoms with Crippen LogP contribution in [0.4, 0.5) is 0 Å². The number of nitrogens with zero attached hydrogens (tertiary/aromatic N) is 1. The van der Waals surface area contributed by atoms with Crippen LogP contribution in [0.15, 0.2) is 0 Å². The lowest BCUT2D eigenvalue weighted by molar-refractivity contribution is -0.125. The number of nitrogens with one attached hydrogen (secondary N) is 1. The summed E-state index contributed by atoms with van der Waals surface area (Å²) in [6.07, 6.45) is 7.92. The lowest BCUT2D eigenvalue weighted by Gasteiger charge is -2.43. The van der Waals surface area contributed by atoms with Crippen LogP contribution >= 0.6 is 12.4 Å². The van der Waals surface area contributed by atoms with Gasteiger partial charge in [-0.05, 0) is 45.7 Å². The number of ether oxygens (including phenoxy) is 1. The molecular weight excluding hydrogens is 302 g/mol. The molecule has 3 N–H and O–H groups in total. The minimum absolute atomic E-state index is 0. The molecule has 1 saturated carbocycles. The Morgan fingerprint density at radius 2 is 1.86 bits per heavy atom. The van der Waals surface area contributed by atoms with Gasteiger partial charge in [-0.3, -0.25) is 4.79 Å². The van der Waals surface area contributed by atoms with E-state index < -0.39 is 6.04 Å². The predicted molar refractivity (Wildman–Crippen MR) is 91.3 cm³/mol. The molecule has 0 radical (unpaired) electrons. The topological polar surface area (TPSA) is 67.6 Å². The van der Waals surface area contributed by atoms with Gasteiger partial charge in [0.2, 0.25) is 5.91 Å². The normalized spacial score (nSPS) is 23.6. The molecule has 1 unspecified atom stereocenters. The molecule has 0 aromatic carbocycles. The monoisotopic (exact) mass is 333 g/mol. The van der Waals surface area contributed by atoms with Crippen molar-refractivity contribution < 1.29 is 9.53 Å². The number of rotatable bonds is 5. The van der Waals surface area contributed by atoms with Crippen molar-refractivity contribution in [2.45, 2.75) is 56.5 Å². The Hall–Kier alpha value is -0.360. The zero-order valence-corrected chi connectivity index (χ0v) is 14.8. The van der Waals surface area contributed by atoms with E-state index in [1.165, 1.54) is 19.3 Å². The van der Waals surface area contributed by atoms with Gasteiger partial charge in [0.15, 0.2) is 0 Å². The summed E-state index contributed by atoms with van der Waals surface area (Å²) >= 11 is 0. The number of halogens is 1. The van der Waals surface area contributed by atoms with Gasteiger partial charge in [-0.15, -0.1) is 12.4 Å². The van der Waals surface area contributed by atoms with Crippen LogP contribution in [0.2, 0.25) is 0 Å². The molecule has 1 aliphatic heterocycles. The Morgan fingerprint density at radius 3 is 2.41 bits per heavy atom. The summed E-state index contributed by atoms with van der Waals surface area (Å²) in [7, 11) is 4.24. The number of likely N-dealkylation sites (N-methyl/N-ethyl adjacent to an activating group) is 1. The molecule has 130 valence electrons. The van der Waals surface area contributed by atoms with Crippen LogP contribution in [0.5, 0.6) is 0 Å². The van der Waals surface area contributed by atoms with Crippen molar-refractivity contribution in [3.63, 3.8) is 0 Å². The number of carbonyl (C=O) groups excluding carboxylic acids is 1. The molecule has 22 heavy (non-hydrogen) atoms. The first-order chi connectivity index (χ1) is 10.1.